The lowest BCUT2D eigenvalue weighted by Crippen LogP contribution is -2.30. The number of halogens is 1. The van der Waals surface area contributed by atoms with Crippen LogP contribution >= 0.6 is 11.8 Å². The van der Waals surface area contributed by atoms with E-state index in [1.165, 1.54) is 12.1 Å². The monoisotopic (exact) mass is 465 g/mol. The van der Waals surface area contributed by atoms with Gasteiger partial charge in [-0.25, -0.2) is 9.37 Å². The molecule has 0 saturated carbocycles. The van der Waals surface area contributed by atoms with Crippen LogP contribution in [0.1, 0.15) is 38.7 Å². The number of carbonyl (C=O) groups is 1. The Labute approximate surface area is 197 Å². The van der Waals surface area contributed by atoms with Crippen LogP contribution in [0.4, 0.5) is 4.39 Å². The van der Waals surface area contributed by atoms with E-state index in [2.05, 4.69) is 14.8 Å². The van der Waals surface area contributed by atoms with Crippen molar-refractivity contribution in [1.82, 2.24) is 24.6 Å². The first-order chi connectivity index (χ1) is 16.1. The summed E-state index contributed by atoms with van der Waals surface area (Å²) in [4.78, 5) is 18.8. The molecule has 2 aromatic carbocycles. The Morgan fingerprint density at radius 3 is 2.55 bits per heavy atom. The van der Waals surface area contributed by atoms with Gasteiger partial charge in [-0.3, -0.25) is 4.79 Å². The molecule has 0 aliphatic rings. The van der Waals surface area contributed by atoms with Crippen molar-refractivity contribution in [2.45, 2.75) is 44.8 Å². The van der Waals surface area contributed by atoms with E-state index >= 15 is 0 Å². The fourth-order valence-electron chi connectivity index (χ4n) is 3.96. The van der Waals surface area contributed by atoms with Gasteiger partial charge in [0.2, 0.25) is 11.1 Å². The highest BCUT2D eigenvalue weighted by Gasteiger charge is 2.15. The van der Waals surface area contributed by atoms with E-state index in [9.17, 15) is 9.18 Å². The fraction of sp³-hybridized carbons (Fsp3) is 0.360. The number of nitrogens with zero attached hydrogens (tertiary/aromatic N) is 5. The van der Waals surface area contributed by atoms with Crippen LogP contribution < -0.4 is 0 Å². The quantitative estimate of drug-likeness (QED) is 0.235. The Kier molecular flexibility index (Phi) is 7.54. The van der Waals surface area contributed by atoms with Crippen molar-refractivity contribution in [3.05, 3.63) is 59.9 Å². The summed E-state index contributed by atoms with van der Waals surface area (Å²) in [6.45, 7) is 6.10. The van der Waals surface area contributed by atoms with Crippen LogP contribution in [0.25, 0.3) is 22.1 Å². The van der Waals surface area contributed by atoms with Crippen molar-refractivity contribution < 1.29 is 9.18 Å². The first-order valence-corrected chi connectivity index (χ1v) is 12.4. The Hall–Kier alpha value is -3.00. The summed E-state index contributed by atoms with van der Waals surface area (Å²) in [5.41, 5.74) is 3.55. The summed E-state index contributed by atoms with van der Waals surface area (Å²) in [7, 11) is 0. The molecule has 6 nitrogen and oxygen atoms in total. The lowest BCUT2D eigenvalue weighted by Gasteiger charge is -2.18. The van der Waals surface area contributed by atoms with Crippen LogP contribution in [-0.4, -0.2) is 49.4 Å². The van der Waals surface area contributed by atoms with Gasteiger partial charge in [-0.05, 0) is 50.5 Å². The van der Waals surface area contributed by atoms with Crippen LogP contribution in [0.15, 0.2) is 53.7 Å². The number of amides is 1. The third kappa shape index (κ3) is 5.33. The normalized spacial score (nSPS) is 11.4. The van der Waals surface area contributed by atoms with Crippen molar-refractivity contribution in [1.29, 1.82) is 0 Å². The number of benzene rings is 2. The highest BCUT2D eigenvalue weighted by molar-refractivity contribution is 7.99. The van der Waals surface area contributed by atoms with Crippen LogP contribution in [0.5, 0.6) is 0 Å². The molecule has 4 rings (SSSR count). The van der Waals surface area contributed by atoms with Gasteiger partial charge < -0.3 is 9.47 Å². The number of para-hydroxylation sites is 1. The molecule has 0 fully saturated rings. The van der Waals surface area contributed by atoms with Gasteiger partial charge in [-0.2, -0.15) is 0 Å². The SMILES string of the molecule is CCN(CC)C(=O)CCCCSc1nnc2c3ccccc3n(Cc3ccc(F)cc3)c2n1. The van der Waals surface area contributed by atoms with Crippen LogP contribution in [-0.2, 0) is 11.3 Å². The number of fused-ring (bicyclic) bond motifs is 3. The minimum atomic E-state index is -0.248. The third-order valence-corrected chi connectivity index (χ3v) is 6.66. The number of carbonyl (C=O) groups excluding carboxylic acids is 1. The number of unbranched alkanes of at least 4 members (excludes halogenated alkanes) is 1. The van der Waals surface area contributed by atoms with Crippen LogP contribution in [0.3, 0.4) is 0 Å². The number of hydrogen-bond donors (Lipinski definition) is 0. The number of rotatable bonds is 10. The summed E-state index contributed by atoms with van der Waals surface area (Å²) in [5.74, 6) is 0.800. The largest absolute Gasteiger partial charge is 0.343 e. The van der Waals surface area contributed by atoms with E-state index in [-0.39, 0.29) is 11.7 Å². The standard InChI is InChI=1S/C25H28FN5OS/c1-3-30(4-2)22(32)11-7-8-16-33-25-27-24-23(28-29-25)20-9-5-6-10-21(20)31(24)17-18-12-14-19(26)15-13-18/h5-6,9-10,12-15H,3-4,7-8,11,16-17H2,1-2H3. The molecule has 0 spiro atoms. The highest BCUT2D eigenvalue weighted by atomic mass is 32.2. The predicted octanol–water partition coefficient (Wildman–Crippen LogP) is 5.30. The fourth-order valence-corrected chi connectivity index (χ4v) is 4.74. The van der Waals surface area contributed by atoms with Gasteiger partial charge in [0.1, 0.15) is 11.3 Å². The maximum absolute atomic E-state index is 13.4. The zero-order valence-electron chi connectivity index (χ0n) is 19.0. The van der Waals surface area contributed by atoms with Gasteiger partial charge >= 0.3 is 0 Å². The molecule has 0 saturated heterocycles. The van der Waals surface area contributed by atoms with Gasteiger partial charge in [0.05, 0.1) is 5.52 Å². The first kappa shape index (κ1) is 23.2. The van der Waals surface area contributed by atoms with Gasteiger partial charge in [0.15, 0.2) is 5.65 Å². The topological polar surface area (TPSA) is 63.9 Å². The van der Waals surface area contributed by atoms with E-state index in [4.69, 9.17) is 4.98 Å². The average molecular weight is 466 g/mol. The molecule has 0 radical (unpaired) electrons. The summed E-state index contributed by atoms with van der Waals surface area (Å²) >= 11 is 1.56. The van der Waals surface area contributed by atoms with Gasteiger partial charge in [0, 0.05) is 37.2 Å². The summed E-state index contributed by atoms with van der Waals surface area (Å²) < 4.78 is 15.5. The number of hydrogen-bond acceptors (Lipinski definition) is 5. The van der Waals surface area contributed by atoms with E-state index in [1.807, 2.05) is 43.0 Å². The summed E-state index contributed by atoms with van der Waals surface area (Å²) in [5, 5.41) is 10.5. The average Bonchev–Trinajstić information content (AvgIpc) is 3.14. The van der Waals surface area contributed by atoms with Gasteiger partial charge in [-0.15, -0.1) is 10.2 Å². The van der Waals surface area contributed by atoms with Crippen molar-refractivity contribution in [2.24, 2.45) is 0 Å². The smallest absolute Gasteiger partial charge is 0.222 e. The Bertz CT molecular complexity index is 1240. The molecule has 0 bridgehead atoms. The molecular formula is C25H28FN5OS. The molecule has 4 aromatic rings. The van der Waals surface area contributed by atoms with Crippen molar-refractivity contribution in [2.75, 3.05) is 18.8 Å². The first-order valence-electron chi connectivity index (χ1n) is 11.4. The minimum absolute atomic E-state index is 0.217. The molecular weight excluding hydrogens is 437 g/mol. The van der Waals surface area contributed by atoms with E-state index < -0.39 is 0 Å². The molecule has 8 heteroatoms. The molecule has 172 valence electrons. The second-order valence-corrected chi connectivity index (χ2v) is 8.93. The van der Waals surface area contributed by atoms with E-state index in [0.29, 0.717) is 18.1 Å². The number of thioether (sulfide) groups is 1. The molecule has 0 aliphatic carbocycles. The molecule has 2 aromatic heterocycles. The molecule has 0 aliphatic heterocycles. The third-order valence-electron chi connectivity index (χ3n) is 5.74. The Morgan fingerprint density at radius 2 is 1.79 bits per heavy atom. The van der Waals surface area contributed by atoms with E-state index in [0.717, 1.165) is 59.3 Å². The van der Waals surface area contributed by atoms with Crippen molar-refractivity contribution in [3.63, 3.8) is 0 Å². The second kappa shape index (κ2) is 10.7. The molecule has 0 atom stereocenters. The lowest BCUT2D eigenvalue weighted by molar-refractivity contribution is -0.130. The van der Waals surface area contributed by atoms with Gasteiger partial charge in [-0.1, -0.05) is 42.1 Å². The minimum Gasteiger partial charge on any atom is -0.343 e. The second-order valence-electron chi connectivity index (χ2n) is 7.87. The maximum atomic E-state index is 13.4. The zero-order valence-corrected chi connectivity index (χ0v) is 19.8. The van der Waals surface area contributed by atoms with Crippen molar-refractivity contribution in [3.8, 4) is 0 Å². The molecule has 1 amide bonds. The van der Waals surface area contributed by atoms with Crippen molar-refractivity contribution >= 4 is 39.7 Å². The molecule has 33 heavy (non-hydrogen) atoms. The Morgan fingerprint density at radius 1 is 1.03 bits per heavy atom. The lowest BCUT2D eigenvalue weighted by atomic mass is 10.2. The van der Waals surface area contributed by atoms with Crippen LogP contribution in [0, 0.1) is 5.82 Å². The summed E-state index contributed by atoms with van der Waals surface area (Å²) in [6.07, 6.45) is 2.34. The molecule has 0 unspecified atom stereocenters. The zero-order chi connectivity index (χ0) is 23.2. The van der Waals surface area contributed by atoms with Crippen LogP contribution in [0.2, 0.25) is 0 Å². The highest BCUT2D eigenvalue weighted by Crippen LogP contribution is 2.28. The molecule has 2 heterocycles. The molecule has 0 N–H and O–H groups in total. The van der Waals surface area contributed by atoms with E-state index in [1.54, 1.807) is 23.9 Å². The van der Waals surface area contributed by atoms with Gasteiger partial charge in [0.25, 0.3) is 0 Å². The summed E-state index contributed by atoms with van der Waals surface area (Å²) in [6, 6.07) is 14.6. The number of aromatic nitrogens is 4. The predicted molar refractivity (Wildman–Crippen MR) is 131 cm³/mol. The Balaban J connectivity index is 1.49. The maximum Gasteiger partial charge on any atom is 0.222 e.